The van der Waals surface area contributed by atoms with Gasteiger partial charge in [-0.25, -0.2) is 4.98 Å². The van der Waals surface area contributed by atoms with Crippen molar-refractivity contribution in [1.82, 2.24) is 4.98 Å². The Bertz CT molecular complexity index is 1060. The number of pyridine rings is 1. The number of ether oxygens (including phenoxy) is 2. The minimum absolute atomic E-state index is 0.143. The van der Waals surface area contributed by atoms with Crippen molar-refractivity contribution in [1.29, 1.82) is 0 Å². The third-order valence-corrected chi connectivity index (χ3v) is 6.53. The van der Waals surface area contributed by atoms with Crippen molar-refractivity contribution in [3.8, 4) is 17.0 Å². The van der Waals surface area contributed by atoms with Crippen molar-refractivity contribution >= 4 is 19.9 Å². The summed E-state index contributed by atoms with van der Waals surface area (Å²) in [5.74, 6) is -0.412. The SMILES string of the molecule is COc1cc(-c2ccccc2)nc2c1C(=O)[C@@H]1CC(O[Si](C)(C)C)=C[C@H](OC)[C@@H]1C2=O. The van der Waals surface area contributed by atoms with Crippen LogP contribution in [0.5, 0.6) is 5.75 Å². The molecule has 0 spiro atoms. The summed E-state index contributed by atoms with van der Waals surface area (Å²) >= 11 is 0. The number of methoxy groups -OCH3 is 2. The highest BCUT2D eigenvalue weighted by molar-refractivity contribution is 6.70. The average Bonchev–Trinajstić information content (AvgIpc) is 2.75. The maximum absolute atomic E-state index is 13.6. The van der Waals surface area contributed by atoms with Crippen LogP contribution in [0.1, 0.15) is 27.3 Å². The van der Waals surface area contributed by atoms with Crippen LogP contribution in [0.2, 0.25) is 19.6 Å². The van der Waals surface area contributed by atoms with Gasteiger partial charge in [-0.2, -0.15) is 0 Å². The summed E-state index contributed by atoms with van der Waals surface area (Å²) in [7, 11) is 1.19. The van der Waals surface area contributed by atoms with E-state index in [-0.39, 0.29) is 22.8 Å². The molecule has 2 aliphatic rings. The Hall–Kier alpha value is -2.77. The number of carbonyl (C=O) groups excluding carboxylic acids is 2. The van der Waals surface area contributed by atoms with E-state index in [1.165, 1.54) is 7.11 Å². The van der Waals surface area contributed by atoms with Gasteiger partial charge in [0, 0.05) is 31.1 Å². The van der Waals surface area contributed by atoms with Gasteiger partial charge in [-0.05, 0) is 25.7 Å². The molecule has 162 valence electrons. The van der Waals surface area contributed by atoms with Crippen molar-refractivity contribution in [2.45, 2.75) is 32.2 Å². The summed E-state index contributed by atoms with van der Waals surface area (Å²) in [6.07, 6.45) is 1.69. The van der Waals surface area contributed by atoms with Crippen molar-refractivity contribution < 1.29 is 23.5 Å². The molecule has 6 nitrogen and oxygen atoms in total. The Kier molecular flexibility index (Phi) is 5.57. The highest BCUT2D eigenvalue weighted by Gasteiger charge is 2.50. The molecule has 4 rings (SSSR count). The molecule has 0 fully saturated rings. The van der Waals surface area contributed by atoms with E-state index in [4.69, 9.17) is 13.9 Å². The minimum atomic E-state index is -1.87. The molecule has 0 aliphatic heterocycles. The van der Waals surface area contributed by atoms with Gasteiger partial charge in [0.05, 0.1) is 36.1 Å². The molecule has 0 unspecified atom stereocenters. The Labute approximate surface area is 183 Å². The van der Waals surface area contributed by atoms with Gasteiger partial charge < -0.3 is 13.9 Å². The molecule has 0 amide bonds. The molecule has 7 heteroatoms. The zero-order valence-corrected chi connectivity index (χ0v) is 19.5. The van der Waals surface area contributed by atoms with Crippen LogP contribution in [0.3, 0.4) is 0 Å². The van der Waals surface area contributed by atoms with Crippen LogP contribution >= 0.6 is 0 Å². The predicted molar refractivity (Wildman–Crippen MR) is 120 cm³/mol. The van der Waals surface area contributed by atoms with Gasteiger partial charge in [-0.15, -0.1) is 0 Å². The van der Waals surface area contributed by atoms with Crippen molar-refractivity contribution in [2.75, 3.05) is 14.2 Å². The highest BCUT2D eigenvalue weighted by Crippen LogP contribution is 2.44. The van der Waals surface area contributed by atoms with Crippen LogP contribution in [-0.4, -0.2) is 45.2 Å². The van der Waals surface area contributed by atoms with Gasteiger partial charge in [0.1, 0.15) is 11.4 Å². The molecular weight excluding hydrogens is 410 g/mol. The summed E-state index contributed by atoms with van der Waals surface area (Å²) < 4.78 is 17.4. The van der Waals surface area contributed by atoms with Crippen LogP contribution in [0, 0.1) is 11.8 Å². The van der Waals surface area contributed by atoms with E-state index < -0.39 is 26.3 Å². The molecule has 2 aliphatic carbocycles. The number of hydrogen-bond donors (Lipinski definition) is 0. The Balaban J connectivity index is 1.82. The first-order chi connectivity index (χ1) is 14.7. The number of ketones is 2. The molecule has 0 saturated heterocycles. The van der Waals surface area contributed by atoms with Crippen LogP contribution < -0.4 is 4.74 Å². The molecule has 1 heterocycles. The van der Waals surface area contributed by atoms with E-state index in [1.54, 1.807) is 13.2 Å². The van der Waals surface area contributed by atoms with Crippen LogP contribution in [0.4, 0.5) is 0 Å². The number of fused-ring (bicyclic) bond motifs is 2. The van der Waals surface area contributed by atoms with Gasteiger partial charge in [0.25, 0.3) is 0 Å². The molecule has 0 bridgehead atoms. The van der Waals surface area contributed by atoms with Crippen LogP contribution in [0.25, 0.3) is 11.3 Å². The fraction of sp³-hybridized carbons (Fsp3) is 0.375. The van der Waals surface area contributed by atoms with Gasteiger partial charge in [0.15, 0.2) is 11.6 Å². The number of rotatable bonds is 5. The molecule has 1 aromatic heterocycles. The molecule has 2 aromatic rings. The first kappa shape index (κ1) is 21.5. The molecule has 0 radical (unpaired) electrons. The molecule has 31 heavy (non-hydrogen) atoms. The zero-order valence-electron chi connectivity index (χ0n) is 18.5. The lowest BCUT2D eigenvalue weighted by atomic mass is 9.68. The lowest BCUT2D eigenvalue weighted by Crippen LogP contribution is -2.47. The summed E-state index contributed by atoms with van der Waals surface area (Å²) in [6, 6.07) is 11.3. The maximum Gasteiger partial charge on any atom is 0.241 e. The second-order valence-electron chi connectivity index (χ2n) is 8.91. The fourth-order valence-corrected chi connectivity index (χ4v) is 5.34. The normalized spacial score (nSPS) is 23.0. The number of hydrogen-bond acceptors (Lipinski definition) is 6. The molecule has 1 aromatic carbocycles. The third-order valence-electron chi connectivity index (χ3n) is 5.66. The number of nitrogens with zero attached hydrogens (tertiary/aromatic N) is 1. The fourth-order valence-electron chi connectivity index (χ4n) is 4.40. The van der Waals surface area contributed by atoms with Gasteiger partial charge in [0.2, 0.25) is 8.32 Å². The molecule has 0 saturated carbocycles. The van der Waals surface area contributed by atoms with Crippen LogP contribution in [0.15, 0.2) is 48.2 Å². The van der Waals surface area contributed by atoms with Crippen LogP contribution in [-0.2, 0) is 9.16 Å². The minimum Gasteiger partial charge on any atom is -0.547 e. The van der Waals surface area contributed by atoms with E-state index in [0.717, 1.165) is 11.3 Å². The largest absolute Gasteiger partial charge is 0.547 e. The van der Waals surface area contributed by atoms with E-state index in [0.29, 0.717) is 17.9 Å². The van der Waals surface area contributed by atoms with E-state index in [1.807, 2.05) is 36.4 Å². The number of benzene rings is 1. The van der Waals surface area contributed by atoms with E-state index in [2.05, 4.69) is 24.6 Å². The average molecular weight is 438 g/mol. The highest BCUT2D eigenvalue weighted by atomic mass is 28.4. The zero-order chi connectivity index (χ0) is 22.3. The smallest absolute Gasteiger partial charge is 0.241 e. The standard InChI is InChI=1S/C24H27NO5Si/c1-28-18-12-15(30-31(3,4)5)11-16-20(18)24(27)22-21(23(16)26)19(29-2)13-17(25-22)14-9-7-6-8-10-14/h6-10,12-13,16,18,20H,11H2,1-5H3/t16-,18+,20-/m1/s1. The monoisotopic (exact) mass is 437 g/mol. The lowest BCUT2D eigenvalue weighted by Gasteiger charge is -2.39. The van der Waals surface area contributed by atoms with Crippen molar-refractivity contribution in [3.05, 3.63) is 59.5 Å². The Morgan fingerprint density at radius 1 is 1.03 bits per heavy atom. The third kappa shape index (κ3) is 3.95. The maximum atomic E-state index is 13.6. The number of carbonyl (C=O) groups is 2. The summed E-state index contributed by atoms with van der Waals surface area (Å²) in [4.78, 5) is 31.8. The lowest BCUT2D eigenvalue weighted by molar-refractivity contribution is 0.0324. The number of Topliss-reactive ketones (excluding diaryl/α,β-unsaturated/α-hetero) is 2. The first-order valence-electron chi connectivity index (χ1n) is 10.4. The summed E-state index contributed by atoms with van der Waals surface area (Å²) in [5.41, 5.74) is 1.87. The second-order valence-corrected chi connectivity index (χ2v) is 13.3. The molecule has 3 atom stereocenters. The number of aromatic nitrogens is 1. The second kappa shape index (κ2) is 8.05. The summed E-state index contributed by atoms with van der Waals surface area (Å²) in [6.45, 7) is 6.26. The van der Waals surface area contributed by atoms with Crippen molar-refractivity contribution in [2.24, 2.45) is 11.8 Å². The van der Waals surface area contributed by atoms with Gasteiger partial charge in [-0.1, -0.05) is 30.3 Å². The quantitative estimate of drug-likeness (QED) is 0.640. The Morgan fingerprint density at radius 2 is 1.74 bits per heavy atom. The predicted octanol–water partition coefficient (Wildman–Crippen LogP) is 4.52. The topological polar surface area (TPSA) is 74.7 Å². The van der Waals surface area contributed by atoms with E-state index in [9.17, 15) is 9.59 Å². The molecule has 0 N–H and O–H groups in total. The Morgan fingerprint density at radius 3 is 2.35 bits per heavy atom. The van der Waals surface area contributed by atoms with E-state index >= 15 is 0 Å². The van der Waals surface area contributed by atoms with Gasteiger partial charge >= 0.3 is 0 Å². The van der Waals surface area contributed by atoms with Crippen molar-refractivity contribution in [3.63, 3.8) is 0 Å². The number of allylic oxidation sites excluding steroid dienone is 1. The summed E-state index contributed by atoms with van der Waals surface area (Å²) in [5, 5.41) is 0. The molecular formula is C24H27NO5Si. The first-order valence-corrected chi connectivity index (χ1v) is 13.8. The van der Waals surface area contributed by atoms with Gasteiger partial charge in [-0.3, -0.25) is 9.59 Å².